The Kier molecular flexibility index (Phi) is 6.56. The maximum absolute atomic E-state index is 11.2. The molecular weight excluding hydrogens is 369 g/mol. The molecule has 2 unspecified atom stereocenters. The summed E-state index contributed by atoms with van der Waals surface area (Å²) in [7, 11) is 3.70. The van der Waals surface area contributed by atoms with Gasteiger partial charge in [-0.3, -0.25) is 4.79 Å². The highest BCUT2D eigenvalue weighted by Gasteiger charge is 2.21. The van der Waals surface area contributed by atoms with Crippen molar-refractivity contribution in [1.82, 2.24) is 0 Å². The molecule has 3 rings (SSSR count). The molecular formula is C22H25B2ClO3. The highest BCUT2D eigenvalue weighted by molar-refractivity contribution is 6.30. The molecule has 1 aliphatic carbocycles. The van der Waals surface area contributed by atoms with E-state index in [1.54, 1.807) is 7.85 Å². The lowest BCUT2D eigenvalue weighted by molar-refractivity contribution is -0.136. The van der Waals surface area contributed by atoms with Crippen molar-refractivity contribution >= 4 is 38.8 Å². The summed E-state index contributed by atoms with van der Waals surface area (Å²) in [4.78, 5) is 11.2. The quantitative estimate of drug-likeness (QED) is 0.726. The minimum Gasteiger partial charge on any atom is -0.489 e. The van der Waals surface area contributed by atoms with Crippen LogP contribution in [0, 0.1) is 6.92 Å². The third-order valence-corrected chi connectivity index (χ3v) is 6.04. The summed E-state index contributed by atoms with van der Waals surface area (Å²) in [5.41, 5.74) is 6.01. The van der Waals surface area contributed by atoms with Crippen LogP contribution in [0.2, 0.25) is 10.8 Å². The first-order chi connectivity index (χ1) is 13.4. The average Bonchev–Trinajstić information content (AvgIpc) is 3.15. The smallest absolute Gasteiger partial charge is 0.298 e. The van der Waals surface area contributed by atoms with Gasteiger partial charge >= 0.3 is 0 Å². The molecule has 0 bridgehead atoms. The lowest BCUT2D eigenvalue weighted by atomic mass is 9.63. The van der Waals surface area contributed by atoms with Crippen LogP contribution < -0.4 is 4.74 Å². The minimum atomic E-state index is -0.770. The summed E-state index contributed by atoms with van der Waals surface area (Å²) >= 11 is 6.01. The Morgan fingerprint density at radius 3 is 2.54 bits per heavy atom. The number of aliphatic carboxylic acids is 1. The van der Waals surface area contributed by atoms with Crippen LogP contribution in [0.3, 0.4) is 0 Å². The van der Waals surface area contributed by atoms with Crippen molar-refractivity contribution in [3.8, 4) is 5.75 Å². The van der Waals surface area contributed by atoms with Gasteiger partial charge < -0.3 is 9.84 Å². The van der Waals surface area contributed by atoms with Gasteiger partial charge in [-0.25, -0.2) is 0 Å². The maximum atomic E-state index is 11.2. The molecule has 0 saturated heterocycles. The Bertz CT molecular complexity index is 893. The first-order valence-corrected chi connectivity index (χ1v) is 10.2. The second-order valence-corrected chi connectivity index (χ2v) is 8.11. The van der Waals surface area contributed by atoms with Crippen LogP contribution in [0.15, 0.2) is 48.0 Å². The number of rotatable bonds is 7. The molecule has 0 radical (unpaired) electrons. The third kappa shape index (κ3) is 4.64. The molecule has 28 heavy (non-hydrogen) atoms. The summed E-state index contributed by atoms with van der Waals surface area (Å²) in [6, 6.07) is 14.0. The van der Waals surface area contributed by atoms with Crippen LogP contribution in [-0.4, -0.2) is 33.4 Å². The van der Waals surface area contributed by atoms with Gasteiger partial charge in [-0.15, -0.1) is 0 Å². The molecule has 3 nitrogen and oxygen atoms in total. The van der Waals surface area contributed by atoms with Crippen molar-refractivity contribution in [2.45, 2.75) is 37.8 Å². The molecule has 0 heterocycles. The van der Waals surface area contributed by atoms with Crippen molar-refractivity contribution in [1.29, 1.82) is 0 Å². The van der Waals surface area contributed by atoms with Crippen LogP contribution in [0.25, 0.3) is 5.57 Å². The zero-order valence-electron chi connectivity index (χ0n) is 16.7. The molecule has 6 heteroatoms. The van der Waals surface area contributed by atoms with E-state index in [2.05, 4.69) is 12.1 Å². The number of aryl methyl sites for hydroxylation is 1. The number of carboxylic acids is 1. The van der Waals surface area contributed by atoms with E-state index in [-0.39, 0.29) is 5.82 Å². The fraction of sp³-hybridized carbons (Fsp3) is 0.318. The fourth-order valence-electron chi connectivity index (χ4n) is 3.75. The van der Waals surface area contributed by atoms with E-state index in [4.69, 9.17) is 16.3 Å². The second-order valence-electron chi connectivity index (χ2n) is 7.67. The van der Waals surface area contributed by atoms with Gasteiger partial charge in [0.05, 0.1) is 0 Å². The van der Waals surface area contributed by atoms with Gasteiger partial charge in [0.2, 0.25) is 0 Å². The van der Waals surface area contributed by atoms with E-state index in [0.29, 0.717) is 6.61 Å². The fourth-order valence-corrected chi connectivity index (χ4v) is 3.88. The molecule has 2 atom stereocenters. The summed E-state index contributed by atoms with van der Waals surface area (Å²) < 4.78 is 6.14. The Hall–Kier alpha value is -2.13. The zero-order chi connectivity index (χ0) is 20.3. The van der Waals surface area contributed by atoms with E-state index >= 15 is 0 Å². The molecule has 2 aromatic rings. The standard InChI is InChI=1S/C22H25B2ClO3/c1-13-11-15(20(23)21(24)22(26)27)7-10-19(13)28-12-16-3-2-4-18(16)14-5-8-17(25)9-6-14/h5-11,20-21H,2-4,12,23-24H2,1H3,(H,26,27). The number of benzene rings is 2. The lowest BCUT2D eigenvalue weighted by Gasteiger charge is -2.19. The molecule has 0 aliphatic heterocycles. The van der Waals surface area contributed by atoms with Crippen LogP contribution in [0.1, 0.15) is 41.8 Å². The number of halogens is 1. The molecule has 0 saturated carbocycles. The molecule has 2 aromatic carbocycles. The number of ether oxygens (including phenoxy) is 1. The van der Waals surface area contributed by atoms with Gasteiger partial charge in [0.15, 0.2) is 0 Å². The maximum Gasteiger partial charge on any atom is 0.298 e. The topological polar surface area (TPSA) is 46.5 Å². The predicted octanol–water partition coefficient (Wildman–Crippen LogP) is 3.85. The largest absolute Gasteiger partial charge is 0.489 e. The Labute approximate surface area is 173 Å². The molecule has 1 aliphatic rings. The number of carbonyl (C=O) groups is 1. The highest BCUT2D eigenvalue weighted by atomic mass is 35.5. The van der Waals surface area contributed by atoms with Crippen molar-refractivity contribution in [2.75, 3.05) is 6.61 Å². The number of carboxylic acid groups (broad SMARTS) is 1. The molecule has 0 spiro atoms. The van der Waals surface area contributed by atoms with E-state index in [9.17, 15) is 9.90 Å². The average molecular weight is 395 g/mol. The van der Waals surface area contributed by atoms with Crippen LogP contribution >= 0.6 is 11.6 Å². The van der Waals surface area contributed by atoms with E-state index < -0.39 is 11.8 Å². The van der Waals surface area contributed by atoms with Gasteiger partial charge in [-0.05, 0) is 72.5 Å². The van der Waals surface area contributed by atoms with Gasteiger partial charge in [0, 0.05) is 10.8 Å². The highest BCUT2D eigenvalue weighted by Crippen LogP contribution is 2.35. The van der Waals surface area contributed by atoms with Crippen molar-refractivity contribution in [3.63, 3.8) is 0 Å². The van der Waals surface area contributed by atoms with E-state index in [1.165, 1.54) is 16.7 Å². The van der Waals surface area contributed by atoms with Gasteiger partial charge in [0.1, 0.15) is 28.0 Å². The van der Waals surface area contributed by atoms with Crippen LogP contribution in [-0.2, 0) is 4.79 Å². The number of hydrogen-bond donors (Lipinski definition) is 1. The van der Waals surface area contributed by atoms with E-state index in [0.717, 1.165) is 41.2 Å². The van der Waals surface area contributed by atoms with Gasteiger partial charge in [-0.1, -0.05) is 41.4 Å². The molecule has 0 amide bonds. The number of allylic oxidation sites excluding steroid dienone is 1. The summed E-state index contributed by atoms with van der Waals surface area (Å²) in [6.07, 6.45) is 3.28. The Morgan fingerprint density at radius 2 is 1.89 bits per heavy atom. The summed E-state index contributed by atoms with van der Waals surface area (Å²) in [5.74, 6) is -0.377. The van der Waals surface area contributed by atoms with Gasteiger partial charge in [-0.2, -0.15) is 0 Å². The monoisotopic (exact) mass is 394 g/mol. The van der Waals surface area contributed by atoms with Crippen molar-refractivity contribution in [3.05, 3.63) is 69.8 Å². The van der Waals surface area contributed by atoms with Crippen LogP contribution in [0.5, 0.6) is 5.75 Å². The SMILES string of the molecule is BC(C(=O)O)C(B)c1ccc(OCC2=C(c3ccc(Cl)cc3)CCC2)c(C)c1. The molecule has 1 N–H and O–H groups in total. The van der Waals surface area contributed by atoms with Crippen molar-refractivity contribution < 1.29 is 14.6 Å². The van der Waals surface area contributed by atoms with Crippen LogP contribution in [0.4, 0.5) is 0 Å². The predicted molar refractivity (Wildman–Crippen MR) is 120 cm³/mol. The lowest BCUT2D eigenvalue weighted by Crippen LogP contribution is -2.17. The molecule has 0 aromatic heterocycles. The molecule has 0 fully saturated rings. The minimum absolute atomic E-state index is 0.0423. The summed E-state index contributed by atoms with van der Waals surface area (Å²) in [6.45, 7) is 2.60. The van der Waals surface area contributed by atoms with Crippen molar-refractivity contribution in [2.24, 2.45) is 0 Å². The Balaban J connectivity index is 1.72. The Morgan fingerprint density at radius 1 is 1.18 bits per heavy atom. The molecule has 144 valence electrons. The second kappa shape index (κ2) is 8.91. The zero-order valence-corrected chi connectivity index (χ0v) is 17.4. The third-order valence-electron chi connectivity index (χ3n) is 5.79. The van der Waals surface area contributed by atoms with E-state index in [1.807, 2.05) is 45.1 Å². The first kappa shape index (κ1) is 20.6. The first-order valence-electron chi connectivity index (χ1n) is 9.79. The number of hydrogen-bond acceptors (Lipinski definition) is 2. The normalized spacial score (nSPS) is 16.1. The van der Waals surface area contributed by atoms with Gasteiger partial charge in [0.25, 0.3) is 5.97 Å². The summed E-state index contributed by atoms with van der Waals surface area (Å²) in [5, 5.41) is 9.99.